The first-order chi connectivity index (χ1) is 11.3. The molecule has 0 aromatic heterocycles. The van der Waals surface area contributed by atoms with Crippen LogP contribution in [0, 0.1) is 0 Å². The highest BCUT2D eigenvalue weighted by Gasteiger charge is 2.04. The zero-order chi connectivity index (χ0) is 19.7. The van der Waals surface area contributed by atoms with Gasteiger partial charge in [0.05, 0.1) is 0 Å². The van der Waals surface area contributed by atoms with E-state index in [1.807, 2.05) is 18.2 Å². The van der Waals surface area contributed by atoms with Gasteiger partial charge in [-0.1, -0.05) is 18.2 Å². The molecule has 0 aliphatic heterocycles. The van der Waals surface area contributed by atoms with Crippen molar-refractivity contribution in [1.82, 2.24) is 0 Å². The summed E-state index contributed by atoms with van der Waals surface area (Å²) in [4.78, 5) is 43.1. The number of aromatic hydroxyl groups is 2. The summed E-state index contributed by atoms with van der Waals surface area (Å²) in [6.07, 6.45) is 0. The molecular weight excluding hydrogens is 382 g/mol. The van der Waals surface area contributed by atoms with Crippen molar-refractivity contribution in [3.05, 3.63) is 48.5 Å². The highest BCUT2D eigenvalue weighted by Crippen LogP contribution is 2.33. The average molecular weight is 398 g/mol. The number of benzene rings is 2. The smallest absolute Gasteiger partial charge is 0.466 e. The molecule has 0 fully saturated rings. The van der Waals surface area contributed by atoms with E-state index in [2.05, 4.69) is 0 Å². The fraction of sp³-hybridized carbons (Fsp3) is 0. The monoisotopic (exact) mass is 398 g/mol. The Kier molecular flexibility index (Phi) is 9.35. The van der Waals surface area contributed by atoms with E-state index < -0.39 is 15.6 Å². The van der Waals surface area contributed by atoms with Gasteiger partial charge < -0.3 is 44.3 Å². The van der Waals surface area contributed by atoms with Gasteiger partial charge in [-0.2, -0.15) is 0 Å². The van der Waals surface area contributed by atoms with Crippen molar-refractivity contribution in [3.8, 4) is 23.0 Å². The molecule has 0 amide bonds. The summed E-state index contributed by atoms with van der Waals surface area (Å²) in [6.45, 7) is 0. The van der Waals surface area contributed by atoms with Crippen molar-refractivity contribution in [2.75, 3.05) is 0 Å². The normalized spacial score (nSPS) is 10.6. The van der Waals surface area contributed by atoms with Gasteiger partial charge in [0.1, 0.15) is 11.5 Å². The molecule has 2 aromatic carbocycles. The van der Waals surface area contributed by atoms with E-state index >= 15 is 0 Å². The quantitative estimate of drug-likeness (QED) is 0.265. The Morgan fingerprint density at radius 2 is 1.16 bits per heavy atom. The number of phenolic OH excluding ortho intramolecular Hbond substituents is 2. The maximum atomic E-state index is 9.46. The third kappa shape index (κ3) is 16.7. The average Bonchev–Trinajstić information content (AvgIpc) is 2.40. The van der Waals surface area contributed by atoms with Gasteiger partial charge in [0.15, 0.2) is 11.5 Å². The molecule has 0 heterocycles. The van der Waals surface area contributed by atoms with Crippen LogP contribution in [0.25, 0.3) is 0 Å². The van der Waals surface area contributed by atoms with Crippen LogP contribution in [-0.2, 0) is 9.13 Å². The van der Waals surface area contributed by atoms with Gasteiger partial charge in [-0.3, -0.25) is 0 Å². The lowest BCUT2D eigenvalue weighted by molar-refractivity contribution is 0.272. The van der Waals surface area contributed by atoms with Crippen molar-refractivity contribution in [2.45, 2.75) is 0 Å². The molecule has 25 heavy (non-hydrogen) atoms. The van der Waals surface area contributed by atoms with Gasteiger partial charge in [0.2, 0.25) is 0 Å². The Labute approximate surface area is 141 Å². The molecule has 13 heteroatoms. The van der Waals surface area contributed by atoms with E-state index in [1.54, 1.807) is 12.1 Å². The van der Waals surface area contributed by atoms with E-state index in [-0.39, 0.29) is 17.2 Å². The zero-order valence-electron chi connectivity index (χ0n) is 12.3. The van der Waals surface area contributed by atoms with Gasteiger partial charge in [0, 0.05) is 6.07 Å². The number of hydrogen-bond donors (Lipinski definition) is 8. The second kappa shape index (κ2) is 10.1. The molecule has 2 aromatic rings. The zero-order valence-corrected chi connectivity index (χ0v) is 14.1. The van der Waals surface area contributed by atoms with Crippen LogP contribution in [-0.4, -0.2) is 39.6 Å². The van der Waals surface area contributed by atoms with E-state index in [4.69, 9.17) is 43.2 Å². The summed E-state index contributed by atoms with van der Waals surface area (Å²) >= 11 is 0. The molecule has 0 radical (unpaired) electrons. The summed E-state index contributed by atoms with van der Waals surface area (Å²) in [5, 5.41) is 18.7. The van der Waals surface area contributed by atoms with Crippen LogP contribution < -0.4 is 4.74 Å². The van der Waals surface area contributed by atoms with E-state index in [9.17, 15) is 10.2 Å². The minimum absolute atomic E-state index is 0.00310. The highest BCUT2D eigenvalue weighted by atomic mass is 31.2. The Morgan fingerprint density at radius 1 is 0.720 bits per heavy atom. The largest absolute Gasteiger partial charge is 0.508 e. The second-order valence-electron chi connectivity index (χ2n) is 4.09. The first-order valence-electron chi connectivity index (χ1n) is 6.07. The lowest BCUT2D eigenvalue weighted by Crippen LogP contribution is -1.83. The van der Waals surface area contributed by atoms with Crippen molar-refractivity contribution in [2.24, 2.45) is 0 Å². The number of ether oxygens (including phenoxy) is 1. The molecule has 0 unspecified atom stereocenters. The molecule has 0 saturated carbocycles. The van der Waals surface area contributed by atoms with Crippen LogP contribution in [0.4, 0.5) is 0 Å². The summed E-state index contributed by atoms with van der Waals surface area (Å²) in [7, 11) is -9.28. The fourth-order valence-electron chi connectivity index (χ4n) is 1.20. The number of hydrogen-bond acceptors (Lipinski definition) is 5. The van der Waals surface area contributed by atoms with E-state index in [0.29, 0.717) is 5.75 Å². The summed E-state index contributed by atoms with van der Waals surface area (Å²) < 4.78 is 23.1. The van der Waals surface area contributed by atoms with Crippen LogP contribution in [0.2, 0.25) is 0 Å². The summed E-state index contributed by atoms with van der Waals surface area (Å²) in [6, 6.07) is 13.2. The fourth-order valence-corrected chi connectivity index (χ4v) is 1.20. The van der Waals surface area contributed by atoms with Crippen LogP contribution in [0.3, 0.4) is 0 Å². The van der Waals surface area contributed by atoms with Crippen molar-refractivity contribution < 1.29 is 53.4 Å². The molecule has 140 valence electrons. The molecule has 0 bridgehead atoms. The third-order valence-corrected chi connectivity index (χ3v) is 1.91. The van der Waals surface area contributed by atoms with Crippen LogP contribution in [0.15, 0.2) is 48.5 Å². The molecule has 11 nitrogen and oxygen atoms in total. The molecule has 0 atom stereocenters. The standard InChI is InChI=1S/C12H10O3.2H3O4P/c13-9-6-7-11(14)12(8-9)15-10-4-2-1-3-5-10;2*1-5(2,3)4/h1-8,13-14H;2*(H3,1,2,3,4). The molecule has 0 aliphatic carbocycles. The molecule has 0 saturated heterocycles. The molecular formula is C12H16O11P2. The van der Waals surface area contributed by atoms with Crippen molar-refractivity contribution in [3.63, 3.8) is 0 Å². The molecule has 0 aliphatic rings. The van der Waals surface area contributed by atoms with Crippen molar-refractivity contribution in [1.29, 1.82) is 0 Å². The Hall–Kier alpha value is -1.94. The van der Waals surface area contributed by atoms with Crippen LogP contribution in [0.5, 0.6) is 23.0 Å². The van der Waals surface area contributed by atoms with Crippen LogP contribution in [0.1, 0.15) is 0 Å². The molecule has 8 N–H and O–H groups in total. The van der Waals surface area contributed by atoms with E-state index in [1.165, 1.54) is 18.2 Å². The summed E-state index contributed by atoms with van der Waals surface area (Å²) in [5.74, 6) is 0.898. The SMILES string of the molecule is O=P(O)(O)O.O=P(O)(O)O.Oc1ccc(O)c(Oc2ccccc2)c1. The Balaban J connectivity index is 0.000000480. The lowest BCUT2D eigenvalue weighted by Gasteiger charge is -2.07. The van der Waals surface area contributed by atoms with E-state index in [0.717, 1.165) is 0 Å². The predicted octanol–water partition coefficient (Wildman–Crippen LogP) is 1.03. The van der Waals surface area contributed by atoms with Gasteiger partial charge in [-0.15, -0.1) is 0 Å². The van der Waals surface area contributed by atoms with Gasteiger partial charge in [-0.25, -0.2) is 9.13 Å². The van der Waals surface area contributed by atoms with Gasteiger partial charge in [-0.05, 0) is 24.3 Å². The maximum Gasteiger partial charge on any atom is 0.466 e. The minimum atomic E-state index is -4.64. The second-order valence-corrected chi connectivity index (χ2v) is 6.15. The van der Waals surface area contributed by atoms with Crippen molar-refractivity contribution >= 4 is 15.6 Å². The maximum absolute atomic E-state index is 9.46. The topological polar surface area (TPSA) is 205 Å². The first kappa shape index (κ1) is 23.1. The van der Waals surface area contributed by atoms with Gasteiger partial charge >= 0.3 is 15.6 Å². The number of rotatable bonds is 2. The number of phenols is 2. The number of para-hydroxylation sites is 1. The minimum Gasteiger partial charge on any atom is -0.508 e. The van der Waals surface area contributed by atoms with Crippen LogP contribution >= 0.6 is 15.6 Å². The highest BCUT2D eigenvalue weighted by molar-refractivity contribution is 7.45. The Bertz CT molecular complexity index is 701. The molecule has 2 rings (SSSR count). The Morgan fingerprint density at radius 3 is 1.60 bits per heavy atom. The number of phosphoric acid groups is 2. The van der Waals surface area contributed by atoms with Gasteiger partial charge in [0.25, 0.3) is 0 Å². The first-order valence-corrected chi connectivity index (χ1v) is 9.20. The molecule has 0 spiro atoms. The summed E-state index contributed by atoms with van der Waals surface area (Å²) in [5.41, 5.74) is 0. The predicted molar refractivity (Wildman–Crippen MR) is 84.8 cm³/mol. The lowest BCUT2D eigenvalue weighted by atomic mass is 10.3. The third-order valence-electron chi connectivity index (χ3n) is 1.91.